The number of fused-ring (bicyclic) bond motifs is 3. The Morgan fingerprint density at radius 2 is 1.96 bits per heavy atom. The second-order valence-electron chi connectivity index (χ2n) is 6.79. The number of nitrogens with zero attached hydrogens (tertiary/aromatic N) is 1. The van der Waals surface area contributed by atoms with Crippen LogP contribution in [0.3, 0.4) is 0 Å². The van der Waals surface area contributed by atoms with E-state index >= 15 is 0 Å². The van der Waals surface area contributed by atoms with Crippen molar-refractivity contribution in [1.29, 1.82) is 0 Å². The minimum absolute atomic E-state index is 0.274. The standard InChI is InChI=1S/C22H22FNO3/c1-3-27-22(25)19-12-18-20(26-2)11-15-5-4-6-17(15)21(18)24(19)13-14-7-9-16(23)10-8-14/h7-12H,3-6,13H2,1-2H3. The molecule has 0 spiro atoms. The number of esters is 1. The summed E-state index contributed by atoms with van der Waals surface area (Å²) >= 11 is 0. The fraction of sp³-hybridized carbons (Fsp3) is 0.318. The van der Waals surface area contributed by atoms with E-state index in [4.69, 9.17) is 9.47 Å². The fourth-order valence-corrected chi connectivity index (χ4v) is 3.97. The average molecular weight is 367 g/mol. The second kappa shape index (κ2) is 7.06. The van der Waals surface area contributed by atoms with Crippen LogP contribution in [-0.4, -0.2) is 24.3 Å². The molecule has 1 aliphatic rings. The highest BCUT2D eigenvalue weighted by molar-refractivity contribution is 6.00. The van der Waals surface area contributed by atoms with Gasteiger partial charge in [-0.05, 0) is 67.1 Å². The number of ether oxygens (including phenoxy) is 2. The van der Waals surface area contributed by atoms with Gasteiger partial charge in [0.2, 0.25) is 0 Å². The number of aryl methyl sites for hydroxylation is 2. The number of hydrogen-bond donors (Lipinski definition) is 0. The molecule has 27 heavy (non-hydrogen) atoms. The Morgan fingerprint density at radius 3 is 2.67 bits per heavy atom. The minimum atomic E-state index is -0.357. The lowest BCUT2D eigenvalue weighted by atomic mass is 10.1. The highest BCUT2D eigenvalue weighted by atomic mass is 19.1. The molecule has 0 aliphatic heterocycles. The molecule has 5 heteroatoms. The van der Waals surface area contributed by atoms with Gasteiger partial charge in [0.1, 0.15) is 17.3 Å². The summed E-state index contributed by atoms with van der Waals surface area (Å²) < 4.78 is 26.2. The van der Waals surface area contributed by atoms with Gasteiger partial charge >= 0.3 is 5.97 Å². The Kier molecular flexibility index (Phi) is 4.60. The molecule has 0 radical (unpaired) electrons. The van der Waals surface area contributed by atoms with Gasteiger partial charge in [0.05, 0.1) is 19.2 Å². The lowest BCUT2D eigenvalue weighted by molar-refractivity contribution is 0.0515. The van der Waals surface area contributed by atoms with Crippen molar-refractivity contribution in [3.05, 3.63) is 64.6 Å². The van der Waals surface area contributed by atoms with Gasteiger partial charge in [-0.2, -0.15) is 0 Å². The maximum Gasteiger partial charge on any atom is 0.354 e. The van der Waals surface area contributed by atoms with Crippen molar-refractivity contribution in [1.82, 2.24) is 4.57 Å². The summed E-state index contributed by atoms with van der Waals surface area (Å²) in [6.45, 7) is 2.58. The number of halogens is 1. The number of aromatic nitrogens is 1. The zero-order chi connectivity index (χ0) is 19.0. The summed E-state index contributed by atoms with van der Waals surface area (Å²) in [7, 11) is 1.65. The van der Waals surface area contributed by atoms with Crippen LogP contribution in [0.25, 0.3) is 10.9 Å². The van der Waals surface area contributed by atoms with E-state index in [1.165, 1.54) is 23.3 Å². The van der Waals surface area contributed by atoms with Crippen LogP contribution in [0.4, 0.5) is 4.39 Å². The summed E-state index contributed by atoms with van der Waals surface area (Å²) in [4.78, 5) is 12.6. The first-order valence-corrected chi connectivity index (χ1v) is 9.26. The molecule has 1 aromatic heterocycles. The summed E-state index contributed by atoms with van der Waals surface area (Å²) in [5.41, 5.74) is 4.98. The van der Waals surface area contributed by atoms with Gasteiger partial charge in [-0.15, -0.1) is 0 Å². The zero-order valence-electron chi connectivity index (χ0n) is 15.5. The van der Waals surface area contributed by atoms with E-state index in [9.17, 15) is 9.18 Å². The third-order valence-electron chi connectivity index (χ3n) is 5.17. The first kappa shape index (κ1) is 17.6. The lowest BCUT2D eigenvalue weighted by Gasteiger charge is -2.14. The van der Waals surface area contributed by atoms with E-state index in [0.29, 0.717) is 18.8 Å². The Balaban J connectivity index is 1.95. The minimum Gasteiger partial charge on any atom is -0.496 e. The second-order valence-corrected chi connectivity index (χ2v) is 6.79. The highest BCUT2D eigenvalue weighted by Gasteiger charge is 2.25. The van der Waals surface area contributed by atoms with Crippen LogP contribution in [-0.2, 0) is 24.1 Å². The van der Waals surface area contributed by atoms with E-state index in [0.717, 1.165) is 41.5 Å². The van der Waals surface area contributed by atoms with Crippen LogP contribution in [0, 0.1) is 5.82 Å². The maximum atomic E-state index is 13.3. The third-order valence-corrected chi connectivity index (χ3v) is 5.17. The molecule has 0 bridgehead atoms. The molecule has 0 unspecified atom stereocenters. The third kappa shape index (κ3) is 3.07. The van der Waals surface area contributed by atoms with Crippen LogP contribution in [0.2, 0.25) is 0 Å². The monoisotopic (exact) mass is 367 g/mol. The van der Waals surface area contributed by atoms with Crippen molar-refractivity contribution in [2.45, 2.75) is 32.7 Å². The van der Waals surface area contributed by atoms with Gasteiger partial charge < -0.3 is 14.0 Å². The van der Waals surface area contributed by atoms with E-state index < -0.39 is 0 Å². The predicted octanol–water partition coefficient (Wildman–Crippen LogP) is 4.50. The number of rotatable bonds is 5. The molecule has 3 aromatic rings. The van der Waals surface area contributed by atoms with Crippen molar-refractivity contribution in [3.8, 4) is 5.75 Å². The van der Waals surface area contributed by atoms with Crippen molar-refractivity contribution < 1.29 is 18.7 Å². The number of benzene rings is 2. The van der Waals surface area contributed by atoms with Crippen LogP contribution in [0.1, 0.15) is 40.5 Å². The molecule has 1 aliphatic carbocycles. The molecular weight excluding hydrogens is 345 g/mol. The molecule has 4 rings (SSSR count). The van der Waals surface area contributed by atoms with Crippen LogP contribution < -0.4 is 4.74 Å². The number of hydrogen-bond acceptors (Lipinski definition) is 3. The molecule has 0 saturated carbocycles. The van der Waals surface area contributed by atoms with E-state index in [1.54, 1.807) is 26.2 Å². The quantitative estimate of drug-likeness (QED) is 0.623. The molecule has 0 atom stereocenters. The van der Waals surface area contributed by atoms with Crippen LogP contribution in [0.15, 0.2) is 36.4 Å². The maximum absolute atomic E-state index is 13.3. The van der Waals surface area contributed by atoms with E-state index in [2.05, 4.69) is 6.07 Å². The number of methoxy groups -OCH3 is 1. The Bertz CT molecular complexity index is 1000. The topological polar surface area (TPSA) is 40.5 Å². The summed E-state index contributed by atoms with van der Waals surface area (Å²) in [5, 5.41) is 0.920. The summed E-state index contributed by atoms with van der Waals surface area (Å²) in [6, 6.07) is 10.3. The molecule has 2 aromatic carbocycles. The molecular formula is C22H22FNO3. The smallest absolute Gasteiger partial charge is 0.354 e. The van der Waals surface area contributed by atoms with Gasteiger partial charge in [-0.1, -0.05) is 12.1 Å². The van der Waals surface area contributed by atoms with Gasteiger partial charge in [-0.3, -0.25) is 0 Å². The molecule has 1 heterocycles. The molecule has 0 saturated heterocycles. The molecule has 0 N–H and O–H groups in total. The Morgan fingerprint density at radius 1 is 1.19 bits per heavy atom. The van der Waals surface area contributed by atoms with Crippen LogP contribution >= 0.6 is 0 Å². The molecule has 4 nitrogen and oxygen atoms in total. The number of carbonyl (C=O) groups excluding carboxylic acids is 1. The fourth-order valence-electron chi connectivity index (χ4n) is 3.97. The molecule has 140 valence electrons. The summed E-state index contributed by atoms with van der Waals surface area (Å²) in [5.74, 6) is 0.142. The van der Waals surface area contributed by atoms with Crippen molar-refractivity contribution in [2.75, 3.05) is 13.7 Å². The Labute approximate surface area is 157 Å². The first-order chi connectivity index (χ1) is 13.1. The van der Waals surface area contributed by atoms with Crippen molar-refractivity contribution >= 4 is 16.9 Å². The van der Waals surface area contributed by atoms with E-state index in [-0.39, 0.29) is 11.8 Å². The average Bonchev–Trinajstić information content (AvgIpc) is 3.27. The number of carbonyl (C=O) groups is 1. The summed E-state index contributed by atoms with van der Waals surface area (Å²) in [6.07, 6.45) is 3.08. The normalized spacial score (nSPS) is 13.0. The highest BCUT2D eigenvalue weighted by Crippen LogP contribution is 2.38. The van der Waals surface area contributed by atoms with Gasteiger partial charge in [0.25, 0.3) is 0 Å². The first-order valence-electron chi connectivity index (χ1n) is 9.26. The molecule has 0 amide bonds. The lowest BCUT2D eigenvalue weighted by Crippen LogP contribution is -2.13. The van der Waals surface area contributed by atoms with Crippen molar-refractivity contribution in [2.24, 2.45) is 0 Å². The van der Waals surface area contributed by atoms with Gasteiger partial charge in [0.15, 0.2) is 0 Å². The van der Waals surface area contributed by atoms with Gasteiger partial charge in [0, 0.05) is 11.9 Å². The molecule has 0 fully saturated rings. The zero-order valence-corrected chi connectivity index (χ0v) is 15.5. The van der Waals surface area contributed by atoms with Crippen LogP contribution in [0.5, 0.6) is 5.75 Å². The largest absolute Gasteiger partial charge is 0.496 e. The predicted molar refractivity (Wildman–Crippen MR) is 102 cm³/mol. The SMILES string of the molecule is CCOC(=O)c1cc2c(OC)cc3c(c2n1Cc1ccc(F)cc1)CCC3. The van der Waals surface area contributed by atoms with Crippen molar-refractivity contribution in [3.63, 3.8) is 0 Å². The van der Waals surface area contributed by atoms with E-state index in [1.807, 2.05) is 10.6 Å². The van der Waals surface area contributed by atoms with Gasteiger partial charge in [-0.25, -0.2) is 9.18 Å². The Hall–Kier alpha value is -2.82.